The molecule has 0 spiro atoms. The number of pyridine rings is 1. The number of nitrogens with zero attached hydrogens (tertiary/aromatic N) is 1. The lowest BCUT2D eigenvalue weighted by molar-refractivity contribution is -0.142. The SMILES string of the molecule is O=C1CC/C=C\c2ncccc2C(=O)CO1. The Morgan fingerprint density at radius 3 is 3.06 bits per heavy atom. The molecule has 0 amide bonds. The molecule has 0 aromatic carbocycles. The van der Waals surface area contributed by atoms with E-state index < -0.39 is 0 Å². The van der Waals surface area contributed by atoms with Crippen molar-refractivity contribution in [1.29, 1.82) is 0 Å². The fourth-order valence-corrected chi connectivity index (χ4v) is 1.48. The van der Waals surface area contributed by atoms with Crippen LogP contribution in [0, 0.1) is 0 Å². The minimum Gasteiger partial charge on any atom is -0.457 e. The van der Waals surface area contributed by atoms with Gasteiger partial charge in [0.05, 0.1) is 5.69 Å². The van der Waals surface area contributed by atoms with Crippen LogP contribution in [0.2, 0.25) is 0 Å². The predicted octanol–water partition coefficient (Wildman–Crippen LogP) is 1.61. The minimum atomic E-state index is -0.342. The van der Waals surface area contributed by atoms with Crippen LogP contribution in [-0.4, -0.2) is 23.3 Å². The van der Waals surface area contributed by atoms with E-state index in [1.165, 1.54) is 0 Å². The number of Topliss-reactive ketones (excluding diaryl/α,β-unsaturated/α-hetero) is 1. The number of carbonyl (C=O) groups is 2. The number of fused-ring (bicyclic) bond motifs is 1. The van der Waals surface area contributed by atoms with Crippen LogP contribution < -0.4 is 0 Å². The summed E-state index contributed by atoms with van der Waals surface area (Å²) in [6.45, 7) is -0.203. The number of cyclic esters (lactones) is 1. The molecule has 0 aliphatic carbocycles. The first-order valence-corrected chi connectivity index (χ1v) is 5.08. The summed E-state index contributed by atoms with van der Waals surface area (Å²) in [7, 11) is 0. The van der Waals surface area contributed by atoms with Crippen LogP contribution in [0.15, 0.2) is 24.4 Å². The first-order valence-electron chi connectivity index (χ1n) is 5.08. The minimum absolute atomic E-state index is 0.203. The third kappa shape index (κ3) is 2.34. The molecule has 0 fully saturated rings. The monoisotopic (exact) mass is 217 g/mol. The van der Waals surface area contributed by atoms with Crippen molar-refractivity contribution in [2.75, 3.05) is 6.61 Å². The average molecular weight is 217 g/mol. The van der Waals surface area contributed by atoms with Crippen LogP contribution in [0.1, 0.15) is 28.9 Å². The van der Waals surface area contributed by atoms with Crippen molar-refractivity contribution in [2.45, 2.75) is 12.8 Å². The lowest BCUT2D eigenvalue weighted by Crippen LogP contribution is -2.15. The van der Waals surface area contributed by atoms with E-state index in [0.717, 1.165) is 0 Å². The summed E-state index contributed by atoms with van der Waals surface area (Å²) >= 11 is 0. The molecular formula is C12H11NO3. The van der Waals surface area contributed by atoms with Gasteiger partial charge in [0.2, 0.25) is 5.78 Å². The number of ketones is 1. The molecule has 0 N–H and O–H groups in total. The van der Waals surface area contributed by atoms with Crippen molar-refractivity contribution in [3.8, 4) is 0 Å². The predicted molar refractivity (Wildman–Crippen MR) is 57.8 cm³/mol. The Morgan fingerprint density at radius 1 is 1.31 bits per heavy atom. The fraction of sp³-hybridized carbons (Fsp3) is 0.250. The second-order valence-electron chi connectivity index (χ2n) is 3.46. The summed E-state index contributed by atoms with van der Waals surface area (Å²) in [5.74, 6) is -0.562. The third-order valence-corrected chi connectivity index (χ3v) is 2.29. The highest BCUT2D eigenvalue weighted by Gasteiger charge is 2.14. The van der Waals surface area contributed by atoms with Gasteiger partial charge in [0.15, 0.2) is 6.61 Å². The van der Waals surface area contributed by atoms with E-state index in [0.29, 0.717) is 24.1 Å². The van der Waals surface area contributed by atoms with Crippen molar-refractivity contribution in [3.63, 3.8) is 0 Å². The van der Waals surface area contributed by atoms with Gasteiger partial charge in [0.1, 0.15) is 0 Å². The number of hydrogen-bond acceptors (Lipinski definition) is 4. The number of hydrogen-bond donors (Lipinski definition) is 0. The standard InChI is InChI=1S/C12H11NO3/c14-11-8-16-12(15)6-2-1-5-10-9(11)4-3-7-13-10/h1,3-5,7H,2,6,8H2/b5-1-. The number of carbonyl (C=O) groups excluding carboxylic acids is 2. The average Bonchev–Trinajstić information content (AvgIpc) is 2.32. The van der Waals surface area contributed by atoms with E-state index >= 15 is 0 Å². The molecule has 1 aromatic rings. The fourth-order valence-electron chi connectivity index (χ4n) is 1.48. The lowest BCUT2D eigenvalue weighted by Gasteiger charge is -2.07. The van der Waals surface area contributed by atoms with Gasteiger partial charge in [0, 0.05) is 18.2 Å². The molecule has 16 heavy (non-hydrogen) atoms. The highest BCUT2D eigenvalue weighted by atomic mass is 16.5. The number of ether oxygens (including phenoxy) is 1. The van der Waals surface area contributed by atoms with Crippen molar-refractivity contribution < 1.29 is 14.3 Å². The molecule has 82 valence electrons. The smallest absolute Gasteiger partial charge is 0.306 e. The molecule has 0 saturated heterocycles. The molecule has 2 rings (SSSR count). The Labute approximate surface area is 92.9 Å². The van der Waals surface area contributed by atoms with E-state index in [-0.39, 0.29) is 18.4 Å². The second kappa shape index (κ2) is 4.70. The Balaban J connectivity index is 2.35. The molecule has 0 saturated carbocycles. The van der Waals surface area contributed by atoms with Gasteiger partial charge in [0.25, 0.3) is 0 Å². The molecule has 0 radical (unpaired) electrons. The van der Waals surface area contributed by atoms with Crippen LogP contribution >= 0.6 is 0 Å². The summed E-state index contributed by atoms with van der Waals surface area (Å²) in [5, 5.41) is 0. The first kappa shape index (κ1) is 10.5. The molecule has 4 heteroatoms. The van der Waals surface area contributed by atoms with Crippen LogP contribution in [-0.2, 0) is 9.53 Å². The molecule has 1 aromatic heterocycles. The van der Waals surface area contributed by atoms with Gasteiger partial charge >= 0.3 is 5.97 Å². The molecule has 1 aliphatic heterocycles. The summed E-state index contributed by atoms with van der Waals surface area (Å²) in [5.41, 5.74) is 1.12. The maximum atomic E-state index is 11.7. The van der Waals surface area contributed by atoms with Crippen LogP contribution in [0.5, 0.6) is 0 Å². The van der Waals surface area contributed by atoms with E-state index in [2.05, 4.69) is 4.98 Å². The van der Waals surface area contributed by atoms with Crippen molar-refractivity contribution in [2.24, 2.45) is 0 Å². The van der Waals surface area contributed by atoms with Gasteiger partial charge in [-0.1, -0.05) is 6.08 Å². The van der Waals surface area contributed by atoms with Crippen molar-refractivity contribution in [1.82, 2.24) is 4.98 Å². The van der Waals surface area contributed by atoms with Crippen molar-refractivity contribution in [3.05, 3.63) is 35.7 Å². The number of allylic oxidation sites excluding steroid dienone is 1. The zero-order valence-electron chi connectivity index (χ0n) is 8.68. The highest BCUT2D eigenvalue weighted by molar-refractivity contribution is 6.00. The molecule has 0 unspecified atom stereocenters. The van der Waals surface area contributed by atoms with Crippen LogP contribution in [0.4, 0.5) is 0 Å². The van der Waals surface area contributed by atoms with Crippen molar-refractivity contribution >= 4 is 17.8 Å². The molecular weight excluding hydrogens is 206 g/mol. The van der Waals surface area contributed by atoms with Crippen LogP contribution in [0.25, 0.3) is 6.08 Å². The molecule has 0 atom stereocenters. The van der Waals surface area contributed by atoms with E-state index in [9.17, 15) is 9.59 Å². The maximum absolute atomic E-state index is 11.7. The zero-order valence-corrected chi connectivity index (χ0v) is 8.68. The van der Waals surface area contributed by atoms with Gasteiger partial charge in [-0.25, -0.2) is 0 Å². The van der Waals surface area contributed by atoms with Crippen LogP contribution in [0.3, 0.4) is 0 Å². The van der Waals surface area contributed by atoms with Gasteiger partial charge in [-0.05, 0) is 24.6 Å². The number of rotatable bonds is 0. The molecule has 0 bridgehead atoms. The Kier molecular flexibility index (Phi) is 3.10. The Bertz CT molecular complexity index is 451. The highest BCUT2D eigenvalue weighted by Crippen LogP contribution is 2.11. The van der Waals surface area contributed by atoms with Gasteiger partial charge in [-0.2, -0.15) is 0 Å². The summed E-state index contributed by atoms with van der Waals surface area (Å²) in [4.78, 5) is 27.0. The normalized spacial score (nSPS) is 18.5. The van der Waals surface area contributed by atoms with E-state index in [1.807, 2.05) is 6.08 Å². The largest absolute Gasteiger partial charge is 0.457 e. The summed E-state index contributed by atoms with van der Waals surface area (Å²) < 4.78 is 4.84. The van der Waals surface area contributed by atoms with Gasteiger partial charge < -0.3 is 4.74 Å². The lowest BCUT2D eigenvalue weighted by atomic mass is 10.1. The number of aromatic nitrogens is 1. The van der Waals surface area contributed by atoms with Gasteiger partial charge in [-0.15, -0.1) is 0 Å². The quantitative estimate of drug-likeness (QED) is 0.619. The first-order chi connectivity index (χ1) is 7.77. The second-order valence-corrected chi connectivity index (χ2v) is 3.46. The Morgan fingerprint density at radius 2 is 2.19 bits per heavy atom. The third-order valence-electron chi connectivity index (χ3n) is 2.29. The van der Waals surface area contributed by atoms with E-state index in [1.54, 1.807) is 24.4 Å². The zero-order chi connectivity index (χ0) is 11.4. The summed E-state index contributed by atoms with van der Waals surface area (Å²) in [6, 6.07) is 3.38. The topological polar surface area (TPSA) is 56.3 Å². The molecule has 1 aliphatic rings. The Hall–Kier alpha value is -1.97. The summed E-state index contributed by atoms with van der Waals surface area (Å²) in [6.07, 6.45) is 6.13. The number of esters is 1. The van der Waals surface area contributed by atoms with E-state index in [4.69, 9.17) is 4.74 Å². The molecule has 2 heterocycles. The molecule has 4 nitrogen and oxygen atoms in total. The maximum Gasteiger partial charge on any atom is 0.306 e. The van der Waals surface area contributed by atoms with Gasteiger partial charge in [-0.3, -0.25) is 14.6 Å².